The second-order valence-corrected chi connectivity index (χ2v) is 9.41. The van der Waals surface area contributed by atoms with Crippen molar-refractivity contribution in [3.8, 4) is 0 Å². The third-order valence-corrected chi connectivity index (χ3v) is 8.30. The number of aromatic nitrogens is 1. The molecule has 1 aromatic rings. The summed E-state index contributed by atoms with van der Waals surface area (Å²) in [4.78, 5) is 4.35. The van der Waals surface area contributed by atoms with E-state index in [9.17, 15) is 5.11 Å². The largest absolute Gasteiger partial charge is 0.393 e. The molecule has 2 nitrogen and oxygen atoms in total. The molecule has 2 saturated carbocycles. The van der Waals surface area contributed by atoms with E-state index in [1.54, 1.807) is 0 Å². The Kier molecular flexibility index (Phi) is 3.26. The first-order chi connectivity index (χ1) is 13.3. The topological polar surface area (TPSA) is 33.1 Å². The Morgan fingerprint density at radius 3 is 2.85 bits per heavy atom. The van der Waals surface area contributed by atoms with Crippen LogP contribution in [-0.4, -0.2) is 16.2 Å². The van der Waals surface area contributed by atoms with Crippen molar-refractivity contribution < 1.29 is 7.85 Å². The normalized spacial score (nSPS) is 47.5. The Labute approximate surface area is 160 Å². The molecule has 0 amide bonds. The van der Waals surface area contributed by atoms with E-state index < -0.39 is 12.5 Å². The van der Waals surface area contributed by atoms with Crippen LogP contribution in [0.5, 0.6) is 0 Å². The first kappa shape index (κ1) is 14.6. The van der Waals surface area contributed by atoms with Gasteiger partial charge in [0.25, 0.3) is 0 Å². The summed E-state index contributed by atoms with van der Waals surface area (Å²) in [6.45, 7) is 4.73. The molecule has 1 heterocycles. The van der Waals surface area contributed by atoms with E-state index in [0.717, 1.165) is 25.7 Å². The second-order valence-electron chi connectivity index (χ2n) is 9.41. The van der Waals surface area contributed by atoms with Crippen LogP contribution >= 0.6 is 0 Å². The van der Waals surface area contributed by atoms with Gasteiger partial charge in [-0.05, 0) is 90.7 Å². The summed E-state index contributed by atoms with van der Waals surface area (Å²) < 4.78 is 16.8. The highest BCUT2D eigenvalue weighted by Gasteiger charge is 2.56. The van der Waals surface area contributed by atoms with Crippen molar-refractivity contribution in [1.29, 1.82) is 0 Å². The summed E-state index contributed by atoms with van der Waals surface area (Å²) >= 11 is 0. The summed E-state index contributed by atoms with van der Waals surface area (Å²) in [5.74, 6) is 1.74. The van der Waals surface area contributed by atoms with Crippen molar-refractivity contribution in [2.24, 2.45) is 28.6 Å². The van der Waals surface area contributed by atoms with Gasteiger partial charge in [0.15, 0.2) is 0 Å². The van der Waals surface area contributed by atoms with E-state index in [4.69, 9.17) is 2.74 Å². The Hall–Kier alpha value is -1.41. The van der Waals surface area contributed by atoms with Crippen LogP contribution in [0.25, 0.3) is 5.57 Å². The summed E-state index contributed by atoms with van der Waals surface area (Å²) in [6, 6.07) is 4.22. The number of fused-ring (bicyclic) bond motifs is 5. The maximum atomic E-state index is 10.3. The van der Waals surface area contributed by atoms with Crippen LogP contribution in [0.15, 0.2) is 42.3 Å². The maximum absolute atomic E-state index is 10.3. The molecule has 0 spiro atoms. The summed E-state index contributed by atoms with van der Waals surface area (Å²) in [5.41, 5.74) is 4.14. The van der Waals surface area contributed by atoms with Crippen LogP contribution in [0.4, 0.5) is 0 Å². The molecule has 0 bridgehead atoms. The van der Waals surface area contributed by atoms with E-state index in [1.807, 2.05) is 18.5 Å². The summed E-state index contributed by atoms with van der Waals surface area (Å²) in [5, 5.41) is 10.3. The highest BCUT2D eigenvalue weighted by atomic mass is 16.3. The quantitative estimate of drug-likeness (QED) is 0.687. The average Bonchev–Trinajstić information content (AvgIpc) is 3.01. The number of aliphatic hydroxyl groups is 1. The van der Waals surface area contributed by atoms with Gasteiger partial charge in [-0.3, -0.25) is 4.98 Å². The van der Waals surface area contributed by atoms with Crippen molar-refractivity contribution in [2.45, 2.75) is 64.8 Å². The van der Waals surface area contributed by atoms with Crippen LogP contribution in [0.3, 0.4) is 0 Å². The van der Waals surface area contributed by atoms with E-state index in [-0.39, 0.29) is 10.8 Å². The average molecular weight is 352 g/mol. The lowest BCUT2D eigenvalue weighted by molar-refractivity contribution is -0.0238. The number of nitrogens with zero attached hydrogens (tertiary/aromatic N) is 1. The molecule has 3 unspecified atom stereocenters. The van der Waals surface area contributed by atoms with Gasteiger partial charge >= 0.3 is 0 Å². The Balaban J connectivity index is 1.49. The van der Waals surface area contributed by atoms with Gasteiger partial charge in [-0.15, -0.1) is 0 Å². The minimum absolute atomic E-state index is 0.107. The molecule has 4 aliphatic carbocycles. The van der Waals surface area contributed by atoms with Crippen molar-refractivity contribution in [3.05, 3.63) is 47.8 Å². The highest BCUT2D eigenvalue weighted by molar-refractivity contribution is 5.72. The lowest BCUT2D eigenvalue weighted by Crippen LogP contribution is -2.49. The molecule has 138 valence electrons. The van der Waals surface area contributed by atoms with Crippen LogP contribution < -0.4 is 0 Å². The number of hydrogen-bond donors (Lipinski definition) is 1. The molecule has 0 saturated heterocycles. The van der Waals surface area contributed by atoms with Gasteiger partial charge in [0, 0.05) is 15.1 Å². The number of hydrogen-bond acceptors (Lipinski definition) is 2. The fraction of sp³-hybridized carbons (Fsp3) is 0.625. The van der Waals surface area contributed by atoms with Gasteiger partial charge in [0.2, 0.25) is 0 Å². The van der Waals surface area contributed by atoms with Gasteiger partial charge in [0.05, 0.1) is 6.10 Å². The lowest BCUT2D eigenvalue weighted by atomic mass is 9.47. The summed E-state index contributed by atoms with van der Waals surface area (Å²) in [6.07, 6.45) is 11.8. The van der Waals surface area contributed by atoms with Gasteiger partial charge in [-0.25, -0.2) is 0 Å². The smallest absolute Gasteiger partial charge is 0.0577 e. The standard InChI is InChI=1S/C24H31NO/c1-23-11-9-18(26)14-17(23)5-6-19-21-8-7-20(16-4-3-13-25-15-16)24(21,2)12-10-22(19)23/h3-5,7,13,15,18-19,21-22,26H,6,8-12,14H2,1-2H3/t18-,19?,21?,22?,23-,24+/m0/s1/i9D2. The molecular formula is C24H31NO. The number of rotatable bonds is 1. The second kappa shape index (κ2) is 5.79. The Morgan fingerprint density at radius 2 is 2.04 bits per heavy atom. The number of pyridine rings is 1. The monoisotopic (exact) mass is 351 g/mol. The minimum Gasteiger partial charge on any atom is -0.393 e. The van der Waals surface area contributed by atoms with Gasteiger partial charge in [-0.2, -0.15) is 0 Å². The third kappa shape index (κ3) is 2.24. The molecule has 6 atom stereocenters. The van der Waals surface area contributed by atoms with E-state index in [1.165, 1.54) is 16.7 Å². The predicted molar refractivity (Wildman–Crippen MR) is 105 cm³/mol. The zero-order valence-corrected chi connectivity index (χ0v) is 15.9. The fourth-order valence-corrected chi connectivity index (χ4v) is 6.87. The van der Waals surface area contributed by atoms with E-state index in [0.29, 0.717) is 30.6 Å². The zero-order chi connectivity index (χ0) is 19.7. The van der Waals surface area contributed by atoms with Gasteiger partial charge in [0.1, 0.15) is 0 Å². The Bertz CT molecular complexity index is 847. The minimum atomic E-state index is -1.48. The SMILES string of the molecule is [2H]C1([2H])C[C@@]2(C)C(=CCC3C2CC[C@]2(C)C(c4cccnc4)=CCC32)C[C@H]1O. The van der Waals surface area contributed by atoms with Crippen molar-refractivity contribution in [3.63, 3.8) is 0 Å². The molecule has 2 heteroatoms. The summed E-state index contributed by atoms with van der Waals surface area (Å²) in [7, 11) is 0. The molecule has 0 aliphatic heterocycles. The lowest BCUT2D eigenvalue weighted by Gasteiger charge is -2.57. The van der Waals surface area contributed by atoms with Crippen LogP contribution in [0, 0.1) is 28.6 Å². The number of aliphatic hydroxyl groups excluding tert-OH is 1. The predicted octanol–water partition coefficient (Wildman–Crippen LogP) is 5.40. The maximum Gasteiger partial charge on any atom is 0.0577 e. The molecule has 0 radical (unpaired) electrons. The van der Waals surface area contributed by atoms with E-state index in [2.05, 4.69) is 37.0 Å². The molecule has 2 fully saturated rings. The Morgan fingerprint density at radius 1 is 1.15 bits per heavy atom. The molecule has 4 aliphatic rings. The van der Waals surface area contributed by atoms with Crippen molar-refractivity contribution >= 4 is 5.57 Å². The molecule has 5 rings (SSSR count). The third-order valence-electron chi connectivity index (χ3n) is 8.30. The molecule has 0 aromatic carbocycles. The fourth-order valence-electron chi connectivity index (χ4n) is 6.87. The van der Waals surface area contributed by atoms with E-state index >= 15 is 0 Å². The van der Waals surface area contributed by atoms with Gasteiger partial charge in [-0.1, -0.05) is 37.6 Å². The van der Waals surface area contributed by atoms with Crippen molar-refractivity contribution in [1.82, 2.24) is 4.98 Å². The number of allylic oxidation sites excluding steroid dienone is 3. The molecule has 1 N–H and O–H groups in total. The highest BCUT2D eigenvalue weighted by Crippen LogP contribution is 2.66. The van der Waals surface area contributed by atoms with Crippen molar-refractivity contribution in [2.75, 3.05) is 0 Å². The zero-order valence-electron chi connectivity index (χ0n) is 17.9. The first-order valence-electron chi connectivity index (χ1n) is 11.2. The molecule has 1 aromatic heterocycles. The van der Waals surface area contributed by atoms with Crippen LogP contribution in [0.2, 0.25) is 0 Å². The first-order valence-corrected chi connectivity index (χ1v) is 10.2. The molecule has 26 heavy (non-hydrogen) atoms. The van der Waals surface area contributed by atoms with Crippen LogP contribution in [-0.2, 0) is 0 Å². The van der Waals surface area contributed by atoms with Gasteiger partial charge < -0.3 is 5.11 Å². The van der Waals surface area contributed by atoms with Crippen LogP contribution in [0.1, 0.15) is 67.1 Å². The molecular weight excluding hydrogens is 318 g/mol.